The molecular weight excluding hydrogens is 439 g/mol. The molecule has 1 rings (SSSR count). The number of sulfonamides is 1. The molecule has 0 heterocycles. The normalized spacial score (nSPS) is 11.8. The number of guanidine groups is 1. The number of hydrogen-bond donors (Lipinski definition) is 2. The van der Waals surface area contributed by atoms with E-state index in [1.165, 1.54) is 11.1 Å². The molecule has 0 bridgehead atoms. The number of nitrogens with one attached hydrogen (secondary N) is 2. The molecule has 24 heavy (non-hydrogen) atoms. The molecule has 0 radical (unpaired) electrons. The van der Waals surface area contributed by atoms with E-state index in [0.717, 1.165) is 19.0 Å². The molecule has 0 fully saturated rings. The Labute approximate surface area is 163 Å². The van der Waals surface area contributed by atoms with Crippen LogP contribution < -0.4 is 10.0 Å². The third-order valence-corrected chi connectivity index (χ3v) is 4.72. The van der Waals surface area contributed by atoms with E-state index in [2.05, 4.69) is 46.2 Å². The summed E-state index contributed by atoms with van der Waals surface area (Å²) in [6, 6.07) is 8.38. The van der Waals surface area contributed by atoms with Crippen LogP contribution in [-0.4, -0.2) is 51.7 Å². The number of hydrogen-bond acceptors (Lipinski definition) is 3. The maximum absolute atomic E-state index is 11.4. The highest BCUT2D eigenvalue weighted by atomic mass is 127. The Morgan fingerprint density at radius 2 is 1.83 bits per heavy atom. The maximum Gasteiger partial charge on any atom is 0.211 e. The summed E-state index contributed by atoms with van der Waals surface area (Å²) < 4.78 is 25.3. The number of aliphatic imine (C=N–C) groups is 1. The van der Waals surface area contributed by atoms with E-state index in [0.29, 0.717) is 13.1 Å². The predicted molar refractivity (Wildman–Crippen MR) is 112 cm³/mol. The molecule has 0 aliphatic heterocycles. The van der Waals surface area contributed by atoms with E-state index >= 15 is 0 Å². The highest BCUT2D eigenvalue weighted by Gasteiger charge is 2.07. The molecule has 0 aliphatic carbocycles. The first-order chi connectivity index (χ1) is 10.9. The number of aryl methyl sites for hydroxylation is 1. The van der Waals surface area contributed by atoms with Gasteiger partial charge in [0.15, 0.2) is 5.96 Å². The Balaban J connectivity index is 0.00000529. The van der Waals surface area contributed by atoms with Gasteiger partial charge in [0.1, 0.15) is 0 Å². The van der Waals surface area contributed by atoms with Crippen LogP contribution in [0, 0.1) is 6.92 Å². The molecule has 0 unspecified atom stereocenters. The van der Waals surface area contributed by atoms with Crippen LogP contribution in [0.5, 0.6) is 0 Å². The lowest BCUT2D eigenvalue weighted by atomic mass is 10.1. The second-order valence-electron chi connectivity index (χ2n) is 5.38. The lowest BCUT2D eigenvalue weighted by Crippen LogP contribution is -2.39. The average Bonchev–Trinajstić information content (AvgIpc) is 2.52. The van der Waals surface area contributed by atoms with E-state index < -0.39 is 10.0 Å². The third kappa shape index (κ3) is 8.84. The summed E-state index contributed by atoms with van der Waals surface area (Å²) in [5, 5.41) is 3.22. The minimum absolute atomic E-state index is 0. The molecule has 0 spiro atoms. The molecule has 138 valence electrons. The molecule has 0 saturated carbocycles. The van der Waals surface area contributed by atoms with Crippen LogP contribution in [0.3, 0.4) is 0 Å². The Bertz CT molecular complexity index is 603. The molecule has 6 nitrogen and oxygen atoms in total. The van der Waals surface area contributed by atoms with Gasteiger partial charge in [-0.05, 0) is 26.3 Å². The van der Waals surface area contributed by atoms with Crippen molar-refractivity contribution < 1.29 is 8.42 Å². The monoisotopic (exact) mass is 468 g/mol. The maximum atomic E-state index is 11.4. The SMILES string of the molecule is CCNC(=NCCNS(=O)(=O)CC)N(C)Cc1ccc(C)cc1.I. The van der Waals surface area contributed by atoms with Gasteiger partial charge < -0.3 is 10.2 Å². The molecule has 0 aromatic heterocycles. The summed E-state index contributed by atoms with van der Waals surface area (Å²) in [7, 11) is -1.19. The number of halogens is 1. The molecular formula is C16H29IN4O2S. The number of benzene rings is 1. The second kappa shape index (κ2) is 11.6. The van der Waals surface area contributed by atoms with Crippen molar-refractivity contribution >= 4 is 40.0 Å². The van der Waals surface area contributed by atoms with Crippen LogP contribution in [0.2, 0.25) is 0 Å². The van der Waals surface area contributed by atoms with Gasteiger partial charge in [0.25, 0.3) is 0 Å². The van der Waals surface area contributed by atoms with Crippen molar-refractivity contribution in [2.45, 2.75) is 27.3 Å². The average molecular weight is 468 g/mol. The van der Waals surface area contributed by atoms with Crippen molar-refractivity contribution in [1.82, 2.24) is 14.9 Å². The number of nitrogens with zero attached hydrogens (tertiary/aromatic N) is 2. The Kier molecular flexibility index (Phi) is 11.2. The zero-order valence-electron chi connectivity index (χ0n) is 14.9. The topological polar surface area (TPSA) is 73.8 Å². The van der Waals surface area contributed by atoms with Crippen molar-refractivity contribution in [1.29, 1.82) is 0 Å². The zero-order valence-corrected chi connectivity index (χ0v) is 18.0. The fraction of sp³-hybridized carbons (Fsp3) is 0.562. The molecule has 0 atom stereocenters. The van der Waals surface area contributed by atoms with Gasteiger partial charge in [0, 0.05) is 26.7 Å². The van der Waals surface area contributed by atoms with Crippen molar-refractivity contribution in [3.63, 3.8) is 0 Å². The fourth-order valence-corrected chi connectivity index (χ4v) is 2.58. The Morgan fingerprint density at radius 1 is 1.21 bits per heavy atom. The van der Waals surface area contributed by atoms with Gasteiger partial charge in [-0.1, -0.05) is 29.8 Å². The summed E-state index contributed by atoms with van der Waals surface area (Å²) in [5.41, 5.74) is 2.44. The first-order valence-electron chi connectivity index (χ1n) is 7.90. The summed E-state index contributed by atoms with van der Waals surface area (Å²) in [5.74, 6) is 0.855. The van der Waals surface area contributed by atoms with Crippen LogP contribution >= 0.6 is 24.0 Å². The van der Waals surface area contributed by atoms with Gasteiger partial charge >= 0.3 is 0 Å². The lowest BCUT2D eigenvalue weighted by molar-refractivity contribution is 0.477. The molecule has 0 amide bonds. The first kappa shape index (κ1) is 23.1. The molecule has 0 aliphatic rings. The Morgan fingerprint density at radius 3 is 2.38 bits per heavy atom. The van der Waals surface area contributed by atoms with Gasteiger partial charge in [0.2, 0.25) is 10.0 Å². The summed E-state index contributed by atoms with van der Waals surface area (Å²) in [4.78, 5) is 6.50. The zero-order chi connectivity index (χ0) is 17.3. The van der Waals surface area contributed by atoms with Gasteiger partial charge in [0.05, 0.1) is 12.3 Å². The van der Waals surface area contributed by atoms with Gasteiger partial charge in [-0.2, -0.15) is 0 Å². The standard InChI is InChI=1S/C16H28N4O2S.HI/c1-5-17-16(18-11-12-19-23(21,22)6-2)20(4)13-15-9-7-14(3)8-10-15;/h7-10,19H,5-6,11-13H2,1-4H3,(H,17,18);1H. The van der Waals surface area contributed by atoms with E-state index in [4.69, 9.17) is 0 Å². The van der Waals surface area contributed by atoms with E-state index in [-0.39, 0.29) is 29.7 Å². The fourth-order valence-electron chi connectivity index (χ4n) is 1.98. The lowest BCUT2D eigenvalue weighted by Gasteiger charge is -2.22. The molecule has 1 aromatic carbocycles. The minimum atomic E-state index is -3.16. The van der Waals surface area contributed by atoms with E-state index in [1.807, 2.05) is 18.9 Å². The third-order valence-electron chi connectivity index (χ3n) is 3.31. The van der Waals surface area contributed by atoms with Crippen molar-refractivity contribution in [3.8, 4) is 0 Å². The predicted octanol–water partition coefficient (Wildman–Crippen LogP) is 1.95. The molecule has 1 aromatic rings. The van der Waals surface area contributed by atoms with Crippen LogP contribution in [-0.2, 0) is 16.6 Å². The Hall–Kier alpha value is -0.870. The quantitative estimate of drug-likeness (QED) is 0.265. The van der Waals surface area contributed by atoms with E-state index in [9.17, 15) is 8.42 Å². The van der Waals surface area contributed by atoms with E-state index in [1.54, 1.807) is 6.92 Å². The van der Waals surface area contributed by atoms with Gasteiger partial charge in [-0.25, -0.2) is 13.1 Å². The van der Waals surface area contributed by atoms with Gasteiger partial charge in [-0.15, -0.1) is 24.0 Å². The first-order valence-corrected chi connectivity index (χ1v) is 9.55. The minimum Gasteiger partial charge on any atom is -0.357 e. The smallest absolute Gasteiger partial charge is 0.211 e. The van der Waals surface area contributed by atoms with Crippen LogP contribution in [0.15, 0.2) is 29.3 Å². The van der Waals surface area contributed by atoms with Crippen LogP contribution in [0.4, 0.5) is 0 Å². The van der Waals surface area contributed by atoms with Crippen molar-refractivity contribution in [2.75, 3.05) is 32.4 Å². The molecule has 2 N–H and O–H groups in total. The number of rotatable bonds is 8. The van der Waals surface area contributed by atoms with Crippen LogP contribution in [0.1, 0.15) is 25.0 Å². The second-order valence-corrected chi connectivity index (χ2v) is 7.47. The van der Waals surface area contributed by atoms with Gasteiger partial charge in [-0.3, -0.25) is 4.99 Å². The molecule has 0 saturated heterocycles. The summed E-state index contributed by atoms with van der Waals surface area (Å²) in [6.45, 7) is 7.91. The highest BCUT2D eigenvalue weighted by Crippen LogP contribution is 2.06. The largest absolute Gasteiger partial charge is 0.357 e. The van der Waals surface area contributed by atoms with Crippen molar-refractivity contribution in [3.05, 3.63) is 35.4 Å². The summed E-state index contributed by atoms with van der Waals surface area (Å²) >= 11 is 0. The van der Waals surface area contributed by atoms with Crippen LogP contribution in [0.25, 0.3) is 0 Å². The summed E-state index contributed by atoms with van der Waals surface area (Å²) in [6.07, 6.45) is 0. The highest BCUT2D eigenvalue weighted by molar-refractivity contribution is 14.0. The molecule has 8 heteroatoms. The van der Waals surface area contributed by atoms with Crippen molar-refractivity contribution in [2.24, 2.45) is 4.99 Å².